The van der Waals surface area contributed by atoms with Crippen LogP contribution >= 0.6 is 0 Å². The molecule has 0 fully saturated rings. The van der Waals surface area contributed by atoms with Crippen LogP contribution in [0.2, 0.25) is 0 Å². The SMILES string of the molecule is C=CC1=C(CCC)CC=CC=C1CC. The van der Waals surface area contributed by atoms with Crippen molar-refractivity contribution in [3.63, 3.8) is 0 Å². The molecule has 0 aromatic rings. The topological polar surface area (TPSA) is 0 Å². The van der Waals surface area contributed by atoms with Crippen LogP contribution in [0.4, 0.5) is 0 Å². The quantitative estimate of drug-likeness (QED) is 0.606. The van der Waals surface area contributed by atoms with Crippen LogP contribution in [0, 0.1) is 0 Å². The molecule has 0 spiro atoms. The fraction of sp³-hybridized carbons (Fsp3) is 0.429. The van der Waals surface area contributed by atoms with E-state index in [1.807, 2.05) is 6.08 Å². The molecule has 0 bridgehead atoms. The van der Waals surface area contributed by atoms with Gasteiger partial charge in [0.15, 0.2) is 0 Å². The standard InChI is InChI=1S/C14H20/c1-4-9-13-11-8-7-10-12(5-2)14(13)6-3/h6-8,10H,3-5,9,11H2,1-2H3. The Kier molecular flexibility index (Phi) is 4.45. The summed E-state index contributed by atoms with van der Waals surface area (Å²) in [5.74, 6) is 0. The summed E-state index contributed by atoms with van der Waals surface area (Å²) in [6.07, 6.45) is 13.3. The predicted molar refractivity (Wildman–Crippen MR) is 64.3 cm³/mol. The van der Waals surface area contributed by atoms with Gasteiger partial charge >= 0.3 is 0 Å². The molecule has 14 heavy (non-hydrogen) atoms. The molecule has 1 aliphatic carbocycles. The zero-order chi connectivity index (χ0) is 10.4. The van der Waals surface area contributed by atoms with Crippen LogP contribution in [0.3, 0.4) is 0 Å². The molecule has 1 aliphatic rings. The van der Waals surface area contributed by atoms with E-state index < -0.39 is 0 Å². The second-order valence-electron chi connectivity index (χ2n) is 3.65. The molecule has 0 atom stereocenters. The third kappa shape index (κ3) is 2.47. The highest BCUT2D eigenvalue weighted by atomic mass is 14.1. The van der Waals surface area contributed by atoms with Crippen LogP contribution in [0.25, 0.3) is 0 Å². The van der Waals surface area contributed by atoms with Crippen LogP contribution in [-0.2, 0) is 0 Å². The van der Waals surface area contributed by atoms with Crippen LogP contribution in [-0.4, -0.2) is 0 Å². The maximum absolute atomic E-state index is 3.93. The van der Waals surface area contributed by atoms with Gasteiger partial charge in [-0.3, -0.25) is 0 Å². The molecule has 0 N–H and O–H groups in total. The first-order valence-electron chi connectivity index (χ1n) is 5.54. The first kappa shape index (κ1) is 11.0. The van der Waals surface area contributed by atoms with Crippen LogP contribution < -0.4 is 0 Å². The summed E-state index contributed by atoms with van der Waals surface area (Å²) in [6.45, 7) is 8.37. The number of allylic oxidation sites excluding steroid dienone is 7. The second kappa shape index (κ2) is 5.64. The van der Waals surface area contributed by atoms with Gasteiger partial charge in [-0.05, 0) is 30.4 Å². The van der Waals surface area contributed by atoms with E-state index in [-0.39, 0.29) is 0 Å². The average Bonchev–Trinajstić information content (AvgIpc) is 2.40. The first-order chi connectivity index (χ1) is 6.83. The van der Waals surface area contributed by atoms with Crippen molar-refractivity contribution in [3.8, 4) is 0 Å². The van der Waals surface area contributed by atoms with Crippen LogP contribution in [0.1, 0.15) is 39.5 Å². The van der Waals surface area contributed by atoms with Gasteiger partial charge in [-0.25, -0.2) is 0 Å². The zero-order valence-corrected chi connectivity index (χ0v) is 9.34. The fourth-order valence-corrected chi connectivity index (χ4v) is 1.94. The molecule has 0 aliphatic heterocycles. The molecule has 0 saturated heterocycles. The summed E-state index contributed by atoms with van der Waals surface area (Å²) in [6, 6.07) is 0. The molecule has 1 rings (SSSR count). The monoisotopic (exact) mass is 188 g/mol. The van der Waals surface area contributed by atoms with Crippen molar-refractivity contribution in [2.24, 2.45) is 0 Å². The van der Waals surface area contributed by atoms with E-state index in [0.717, 1.165) is 12.8 Å². The van der Waals surface area contributed by atoms with Gasteiger partial charge in [-0.1, -0.05) is 56.7 Å². The lowest BCUT2D eigenvalue weighted by Crippen LogP contribution is -1.91. The Morgan fingerprint density at radius 3 is 2.79 bits per heavy atom. The van der Waals surface area contributed by atoms with Gasteiger partial charge < -0.3 is 0 Å². The van der Waals surface area contributed by atoms with E-state index in [1.165, 1.54) is 24.0 Å². The van der Waals surface area contributed by atoms with Crippen molar-refractivity contribution in [2.45, 2.75) is 39.5 Å². The van der Waals surface area contributed by atoms with Crippen molar-refractivity contribution in [1.82, 2.24) is 0 Å². The van der Waals surface area contributed by atoms with Gasteiger partial charge in [-0.15, -0.1) is 0 Å². The lowest BCUT2D eigenvalue weighted by molar-refractivity contribution is 0.869. The van der Waals surface area contributed by atoms with E-state index in [2.05, 4.69) is 38.7 Å². The highest BCUT2D eigenvalue weighted by Crippen LogP contribution is 2.27. The molecule has 0 aromatic carbocycles. The number of rotatable bonds is 4. The largest absolute Gasteiger partial charge is 0.0985 e. The smallest absolute Gasteiger partial charge is 0.0127 e. The number of hydrogen-bond acceptors (Lipinski definition) is 0. The van der Waals surface area contributed by atoms with E-state index >= 15 is 0 Å². The minimum absolute atomic E-state index is 1.09. The Morgan fingerprint density at radius 1 is 1.43 bits per heavy atom. The van der Waals surface area contributed by atoms with E-state index in [4.69, 9.17) is 0 Å². The summed E-state index contributed by atoms with van der Waals surface area (Å²) < 4.78 is 0. The molecule has 0 nitrogen and oxygen atoms in total. The average molecular weight is 188 g/mol. The Morgan fingerprint density at radius 2 is 2.21 bits per heavy atom. The molecular weight excluding hydrogens is 168 g/mol. The van der Waals surface area contributed by atoms with Crippen molar-refractivity contribution in [3.05, 3.63) is 47.6 Å². The molecule has 0 radical (unpaired) electrons. The molecule has 0 aromatic heterocycles. The van der Waals surface area contributed by atoms with Gasteiger partial charge in [0.1, 0.15) is 0 Å². The molecule has 0 saturated carbocycles. The van der Waals surface area contributed by atoms with Crippen molar-refractivity contribution in [1.29, 1.82) is 0 Å². The Bertz CT molecular complexity index is 287. The highest BCUT2D eigenvalue weighted by Gasteiger charge is 2.07. The molecular formula is C14H20. The summed E-state index contributed by atoms with van der Waals surface area (Å²) in [5, 5.41) is 0. The first-order valence-corrected chi connectivity index (χ1v) is 5.54. The van der Waals surface area contributed by atoms with E-state index in [1.54, 1.807) is 5.57 Å². The Balaban J connectivity index is 3.04. The minimum atomic E-state index is 1.09. The maximum Gasteiger partial charge on any atom is -0.0127 e. The summed E-state index contributed by atoms with van der Waals surface area (Å²) >= 11 is 0. The van der Waals surface area contributed by atoms with E-state index in [9.17, 15) is 0 Å². The minimum Gasteiger partial charge on any atom is -0.0985 e. The molecule has 0 unspecified atom stereocenters. The summed E-state index contributed by atoms with van der Waals surface area (Å²) in [7, 11) is 0. The van der Waals surface area contributed by atoms with Gasteiger partial charge in [0.05, 0.1) is 0 Å². The zero-order valence-electron chi connectivity index (χ0n) is 9.34. The van der Waals surface area contributed by atoms with Gasteiger partial charge in [-0.2, -0.15) is 0 Å². The normalized spacial score (nSPS) is 16.6. The van der Waals surface area contributed by atoms with Crippen molar-refractivity contribution < 1.29 is 0 Å². The third-order valence-electron chi connectivity index (χ3n) is 2.66. The predicted octanol–water partition coefficient (Wildman–Crippen LogP) is 4.57. The maximum atomic E-state index is 3.93. The van der Waals surface area contributed by atoms with Crippen molar-refractivity contribution >= 4 is 0 Å². The van der Waals surface area contributed by atoms with Gasteiger partial charge in [0.2, 0.25) is 0 Å². The third-order valence-corrected chi connectivity index (χ3v) is 2.66. The highest BCUT2D eigenvalue weighted by molar-refractivity contribution is 5.46. The second-order valence-corrected chi connectivity index (χ2v) is 3.65. The lowest BCUT2D eigenvalue weighted by Gasteiger charge is -2.11. The molecule has 0 amide bonds. The number of hydrogen-bond donors (Lipinski definition) is 0. The van der Waals surface area contributed by atoms with Crippen LogP contribution in [0.15, 0.2) is 47.6 Å². The van der Waals surface area contributed by atoms with Gasteiger partial charge in [0.25, 0.3) is 0 Å². The molecule has 76 valence electrons. The molecule has 0 heteroatoms. The van der Waals surface area contributed by atoms with Crippen molar-refractivity contribution in [2.75, 3.05) is 0 Å². The fourth-order valence-electron chi connectivity index (χ4n) is 1.94. The molecule has 0 heterocycles. The summed E-state index contributed by atoms with van der Waals surface area (Å²) in [4.78, 5) is 0. The summed E-state index contributed by atoms with van der Waals surface area (Å²) in [5.41, 5.74) is 4.36. The lowest BCUT2D eigenvalue weighted by atomic mass is 9.94. The van der Waals surface area contributed by atoms with Gasteiger partial charge in [0, 0.05) is 0 Å². The van der Waals surface area contributed by atoms with Crippen LogP contribution in [0.5, 0.6) is 0 Å². The Labute approximate surface area is 87.7 Å². The van der Waals surface area contributed by atoms with E-state index in [0.29, 0.717) is 0 Å². The Hall–Kier alpha value is -1.04.